The molecule has 0 saturated heterocycles. The molecule has 0 heterocycles. The minimum atomic E-state index is -0.923. The van der Waals surface area contributed by atoms with Gasteiger partial charge in [-0.2, -0.15) is 0 Å². The average molecular weight is 250 g/mol. The zero-order valence-corrected chi connectivity index (χ0v) is 9.06. The highest BCUT2D eigenvalue weighted by Crippen LogP contribution is 2.28. The van der Waals surface area contributed by atoms with E-state index in [-0.39, 0.29) is 11.5 Å². The Morgan fingerprint density at radius 2 is 1.72 bits per heavy atom. The van der Waals surface area contributed by atoms with Crippen LogP contribution in [0.2, 0.25) is 0 Å². The largest absolute Gasteiger partial charge is 0.502 e. The van der Waals surface area contributed by atoms with Gasteiger partial charge < -0.3 is 9.84 Å². The molecule has 3 nitrogen and oxygen atoms in total. The minimum absolute atomic E-state index is 0.199. The van der Waals surface area contributed by atoms with E-state index < -0.39 is 22.8 Å². The Hall–Kier alpha value is -2.43. The summed E-state index contributed by atoms with van der Waals surface area (Å²) in [6.07, 6.45) is 0. The van der Waals surface area contributed by atoms with Crippen molar-refractivity contribution in [2.75, 3.05) is 0 Å². The Labute approximate surface area is 101 Å². The maximum atomic E-state index is 13.3. The fraction of sp³-hybridized carbons (Fsp3) is 0. The van der Waals surface area contributed by atoms with Crippen molar-refractivity contribution in [1.82, 2.24) is 0 Å². The molecule has 0 bridgehead atoms. The van der Waals surface area contributed by atoms with Crippen LogP contribution >= 0.6 is 0 Å². The zero-order chi connectivity index (χ0) is 13.1. The molecular weight excluding hydrogens is 242 g/mol. The number of benzene rings is 1. The summed E-state index contributed by atoms with van der Waals surface area (Å²) in [5.74, 6) is -2.78. The van der Waals surface area contributed by atoms with Crippen molar-refractivity contribution in [3.8, 4) is 17.2 Å². The standard InChI is InChI=1S/C13H8F2O3/c14-8-5-6-11(9(15)7-8)18-12-4-2-1-3-10(16)13(12)17/h1-7H,(H,16,17). The van der Waals surface area contributed by atoms with E-state index in [0.29, 0.717) is 6.07 Å². The van der Waals surface area contributed by atoms with Gasteiger partial charge in [0.05, 0.1) is 0 Å². The smallest absolute Gasteiger partial charge is 0.224 e. The molecule has 0 amide bonds. The molecule has 18 heavy (non-hydrogen) atoms. The monoisotopic (exact) mass is 250 g/mol. The summed E-state index contributed by atoms with van der Waals surface area (Å²) < 4.78 is 31.1. The van der Waals surface area contributed by atoms with E-state index in [0.717, 1.165) is 18.2 Å². The lowest BCUT2D eigenvalue weighted by Gasteiger charge is -2.06. The van der Waals surface area contributed by atoms with Crippen LogP contribution in [0.15, 0.2) is 47.3 Å². The molecule has 5 heteroatoms. The first-order valence-corrected chi connectivity index (χ1v) is 5.03. The predicted molar refractivity (Wildman–Crippen MR) is 60.8 cm³/mol. The van der Waals surface area contributed by atoms with Crippen LogP contribution in [-0.4, -0.2) is 5.11 Å². The molecule has 0 aromatic heterocycles. The van der Waals surface area contributed by atoms with Gasteiger partial charge in [0.1, 0.15) is 5.82 Å². The van der Waals surface area contributed by atoms with Gasteiger partial charge in [-0.15, -0.1) is 0 Å². The summed E-state index contributed by atoms with van der Waals surface area (Å²) in [6, 6.07) is 8.04. The third-order valence-corrected chi connectivity index (χ3v) is 2.19. The minimum Gasteiger partial charge on any atom is -0.502 e. The Balaban J connectivity index is 2.44. The quantitative estimate of drug-likeness (QED) is 0.891. The first-order chi connectivity index (χ1) is 8.58. The number of ether oxygens (including phenoxy) is 1. The lowest BCUT2D eigenvalue weighted by atomic mass is 10.3. The molecule has 2 aromatic rings. The number of halogens is 2. The summed E-state index contributed by atoms with van der Waals surface area (Å²) in [6.45, 7) is 0. The molecule has 0 radical (unpaired) electrons. The van der Waals surface area contributed by atoms with E-state index in [9.17, 15) is 18.7 Å². The van der Waals surface area contributed by atoms with Crippen molar-refractivity contribution in [2.45, 2.75) is 0 Å². The molecule has 1 N–H and O–H groups in total. The van der Waals surface area contributed by atoms with E-state index in [1.165, 1.54) is 18.2 Å². The normalized spacial score (nSPS) is 10.1. The third kappa shape index (κ3) is 2.45. The number of rotatable bonds is 2. The van der Waals surface area contributed by atoms with Crippen LogP contribution in [0.5, 0.6) is 17.2 Å². The van der Waals surface area contributed by atoms with Gasteiger partial charge in [0, 0.05) is 6.07 Å². The van der Waals surface area contributed by atoms with E-state index in [1.807, 2.05) is 0 Å². The Morgan fingerprint density at radius 3 is 2.44 bits per heavy atom. The van der Waals surface area contributed by atoms with Gasteiger partial charge in [0.2, 0.25) is 11.2 Å². The Bertz CT molecular complexity index is 641. The van der Waals surface area contributed by atoms with Crippen LogP contribution in [0.25, 0.3) is 0 Å². The lowest BCUT2D eigenvalue weighted by Crippen LogP contribution is -1.96. The maximum Gasteiger partial charge on any atom is 0.224 e. The molecule has 92 valence electrons. The highest BCUT2D eigenvalue weighted by molar-refractivity contribution is 5.41. The van der Waals surface area contributed by atoms with Crippen LogP contribution in [0.4, 0.5) is 8.78 Å². The maximum absolute atomic E-state index is 13.3. The topological polar surface area (TPSA) is 46.5 Å². The van der Waals surface area contributed by atoms with Gasteiger partial charge in [-0.1, -0.05) is 12.1 Å². The number of hydrogen-bond donors (Lipinski definition) is 1. The van der Waals surface area contributed by atoms with Gasteiger partial charge in [0.25, 0.3) is 0 Å². The van der Waals surface area contributed by atoms with E-state index in [1.54, 1.807) is 0 Å². The van der Waals surface area contributed by atoms with Crippen LogP contribution in [-0.2, 0) is 0 Å². The van der Waals surface area contributed by atoms with Gasteiger partial charge in [0.15, 0.2) is 17.3 Å². The molecule has 2 rings (SSSR count). The van der Waals surface area contributed by atoms with Crippen molar-refractivity contribution >= 4 is 0 Å². The van der Waals surface area contributed by atoms with Crippen LogP contribution in [0, 0.1) is 11.6 Å². The van der Waals surface area contributed by atoms with Crippen molar-refractivity contribution in [3.05, 3.63) is 64.3 Å². The molecule has 0 aliphatic carbocycles. The predicted octanol–water partition coefficient (Wildman–Crippen LogP) is 2.82. The van der Waals surface area contributed by atoms with Crippen molar-refractivity contribution < 1.29 is 18.6 Å². The lowest BCUT2D eigenvalue weighted by molar-refractivity contribution is 0.393. The SMILES string of the molecule is O=c1ccccc(Oc2ccc(F)cc2F)c1O. The highest BCUT2D eigenvalue weighted by atomic mass is 19.1. The summed E-state index contributed by atoms with van der Waals surface area (Å²) in [7, 11) is 0. The Morgan fingerprint density at radius 1 is 1.00 bits per heavy atom. The second kappa shape index (κ2) is 4.83. The second-order valence-corrected chi connectivity index (χ2v) is 3.47. The molecule has 0 aliphatic rings. The molecule has 0 atom stereocenters. The van der Waals surface area contributed by atoms with Crippen LogP contribution in [0.1, 0.15) is 0 Å². The van der Waals surface area contributed by atoms with Crippen molar-refractivity contribution in [3.63, 3.8) is 0 Å². The van der Waals surface area contributed by atoms with Crippen LogP contribution < -0.4 is 10.2 Å². The second-order valence-electron chi connectivity index (χ2n) is 3.47. The summed E-state index contributed by atoms with van der Waals surface area (Å²) in [4.78, 5) is 11.3. The first kappa shape index (κ1) is 12.0. The first-order valence-electron chi connectivity index (χ1n) is 5.03. The molecule has 0 spiro atoms. The summed E-state index contributed by atoms with van der Waals surface area (Å²) >= 11 is 0. The van der Waals surface area contributed by atoms with E-state index >= 15 is 0 Å². The van der Waals surface area contributed by atoms with Gasteiger partial charge >= 0.3 is 0 Å². The number of hydrogen-bond acceptors (Lipinski definition) is 3. The molecule has 0 fully saturated rings. The van der Waals surface area contributed by atoms with Gasteiger partial charge in [-0.05, 0) is 24.3 Å². The fourth-order valence-electron chi connectivity index (χ4n) is 1.32. The number of aromatic hydroxyl groups is 1. The van der Waals surface area contributed by atoms with Crippen molar-refractivity contribution in [2.24, 2.45) is 0 Å². The fourth-order valence-corrected chi connectivity index (χ4v) is 1.32. The van der Waals surface area contributed by atoms with Crippen molar-refractivity contribution in [1.29, 1.82) is 0 Å². The van der Waals surface area contributed by atoms with Gasteiger partial charge in [-0.25, -0.2) is 8.78 Å². The molecule has 2 aromatic carbocycles. The van der Waals surface area contributed by atoms with Crippen LogP contribution in [0.3, 0.4) is 0 Å². The third-order valence-electron chi connectivity index (χ3n) is 2.19. The Kier molecular flexibility index (Phi) is 3.23. The highest BCUT2D eigenvalue weighted by Gasteiger charge is 2.10. The summed E-state index contributed by atoms with van der Waals surface area (Å²) in [5.41, 5.74) is -0.655. The van der Waals surface area contributed by atoms with Gasteiger partial charge in [-0.3, -0.25) is 4.79 Å². The summed E-state index contributed by atoms with van der Waals surface area (Å²) in [5, 5.41) is 9.53. The molecular formula is C13H8F2O3. The van der Waals surface area contributed by atoms with E-state index in [4.69, 9.17) is 4.74 Å². The zero-order valence-electron chi connectivity index (χ0n) is 9.06. The molecule has 0 unspecified atom stereocenters. The van der Waals surface area contributed by atoms with E-state index in [2.05, 4.69) is 0 Å². The molecule has 0 aliphatic heterocycles. The molecule has 0 saturated carbocycles. The average Bonchev–Trinajstić information content (AvgIpc) is 2.48.